The maximum Gasteiger partial charge on any atom is 0.347 e. The number of ether oxygens (including phenoxy) is 2. The average Bonchev–Trinajstić information content (AvgIpc) is 2.56. The second kappa shape index (κ2) is 8.96. The van der Waals surface area contributed by atoms with Gasteiger partial charge in [0.05, 0.1) is 6.61 Å². The van der Waals surface area contributed by atoms with E-state index in [2.05, 4.69) is 9.97 Å². The number of thioether (sulfide) groups is 1. The highest BCUT2D eigenvalue weighted by atomic mass is 35.5. The maximum absolute atomic E-state index is 13.7. The molecule has 0 bridgehead atoms. The Morgan fingerprint density at radius 1 is 1.36 bits per heavy atom. The summed E-state index contributed by atoms with van der Waals surface area (Å²) in [6.45, 7) is 3.44. The van der Waals surface area contributed by atoms with Gasteiger partial charge in [0.15, 0.2) is 22.9 Å². The third kappa shape index (κ3) is 5.54. The van der Waals surface area contributed by atoms with Gasteiger partial charge in [0.25, 0.3) is 0 Å². The Bertz CT molecular complexity index is 764. The lowest BCUT2D eigenvalue weighted by Crippen LogP contribution is -2.26. The van der Waals surface area contributed by atoms with Crippen LogP contribution in [-0.4, -0.2) is 28.6 Å². The van der Waals surface area contributed by atoms with Crippen LogP contribution in [0.25, 0.3) is 0 Å². The number of benzene rings is 1. The molecule has 0 fully saturated rings. The van der Waals surface area contributed by atoms with E-state index in [1.165, 1.54) is 25.1 Å². The highest BCUT2D eigenvalue weighted by Gasteiger charge is 2.18. The van der Waals surface area contributed by atoms with Crippen molar-refractivity contribution in [2.24, 2.45) is 0 Å². The number of hydrogen-bond acceptors (Lipinski definition) is 6. The van der Waals surface area contributed by atoms with Crippen LogP contribution in [-0.2, 0) is 15.3 Å². The summed E-state index contributed by atoms with van der Waals surface area (Å²) in [6.07, 6.45) is -0.871. The molecule has 0 radical (unpaired) electrons. The first-order valence-electron chi connectivity index (χ1n) is 7.34. The lowest BCUT2D eigenvalue weighted by molar-refractivity contribution is -0.150. The summed E-state index contributed by atoms with van der Waals surface area (Å²) in [7, 11) is 0. The van der Waals surface area contributed by atoms with Crippen molar-refractivity contribution in [1.29, 1.82) is 0 Å². The van der Waals surface area contributed by atoms with Gasteiger partial charge in [-0.05, 0) is 19.9 Å². The van der Waals surface area contributed by atoms with Crippen LogP contribution in [0.15, 0.2) is 29.4 Å². The molecule has 0 spiro atoms. The lowest BCUT2D eigenvalue weighted by atomic mass is 10.2. The molecule has 0 aliphatic rings. The van der Waals surface area contributed by atoms with Crippen LogP contribution in [0.2, 0.25) is 5.15 Å². The van der Waals surface area contributed by atoms with E-state index in [1.807, 2.05) is 0 Å². The molecule has 0 aliphatic carbocycles. The molecule has 2 aromatic rings. The topological polar surface area (TPSA) is 61.3 Å². The second-order valence-electron chi connectivity index (χ2n) is 4.83. The van der Waals surface area contributed by atoms with Crippen molar-refractivity contribution in [1.82, 2.24) is 9.97 Å². The van der Waals surface area contributed by atoms with Gasteiger partial charge in [-0.2, -0.15) is 4.98 Å². The summed E-state index contributed by atoms with van der Waals surface area (Å²) in [5.74, 6) is -2.17. The molecule has 1 aromatic heterocycles. The molecule has 25 heavy (non-hydrogen) atoms. The van der Waals surface area contributed by atoms with E-state index >= 15 is 0 Å². The van der Waals surface area contributed by atoms with Crippen LogP contribution in [0, 0.1) is 11.6 Å². The van der Waals surface area contributed by atoms with E-state index in [1.54, 1.807) is 6.92 Å². The monoisotopic (exact) mass is 388 g/mol. The number of nitrogens with zero attached hydrogens (tertiary/aromatic N) is 2. The van der Waals surface area contributed by atoms with Gasteiger partial charge in [0.1, 0.15) is 5.15 Å². The van der Waals surface area contributed by atoms with E-state index in [0.29, 0.717) is 0 Å². The summed E-state index contributed by atoms with van der Waals surface area (Å²) < 4.78 is 37.1. The SMILES string of the molecule is CCOC(=O)[C@H](C)Oc1cc(Cl)nc(SCc2cccc(F)c2F)n1. The van der Waals surface area contributed by atoms with Crippen molar-refractivity contribution in [3.8, 4) is 5.88 Å². The Morgan fingerprint density at radius 2 is 2.12 bits per heavy atom. The molecule has 1 atom stereocenters. The zero-order valence-corrected chi connectivity index (χ0v) is 15.0. The van der Waals surface area contributed by atoms with E-state index in [0.717, 1.165) is 17.8 Å². The predicted molar refractivity (Wildman–Crippen MR) is 89.7 cm³/mol. The Hall–Kier alpha value is -1.93. The number of halogens is 3. The van der Waals surface area contributed by atoms with Gasteiger partial charge in [-0.15, -0.1) is 0 Å². The first-order valence-corrected chi connectivity index (χ1v) is 8.70. The van der Waals surface area contributed by atoms with Crippen LogP contribution in [0.1, 0.15) is 19.4 Å². The Morgan fingerprint density at radius 3 is 2.84 bits per heavy atom. The van der Waals surface area contributed by atoms with Gasteiger partial charge >= 0.3 is 5.97 Å². The molecule has 0 saturated carbocycles. The Kier molecular flexibility index (Phi) is 6.95. The summed E-state index contributed by atoms with van der Waals surface area (Å²) in [4.78, 5) is 19.7. The molecule has 1 heterocycles. The van der Waals surface area contributed by atoms with Crippen LogP contribution in [0.5, 0.6) is 5.88 Å². The number of rotatable bonds is 7. The minimum absolute atomic E-state index is 0.0859. The zero-order valence-electron chi connectivity index (χ0n) is 13.5. The third-order valence-electron chi connectivity index (χ3n) is 2.96. The van der Waals surface area contributed by atoms with Crippen molar-refractivity contribution in [3.05, 3.63) is 46.6 Å². The highest BCUT2D eigenvalue weighted by Crippen LogP contribution is 2.26. The fourth-order valence-electron chi connectivity index (χ4n) is 1.79. The molecule has 9 heteroatoms. The minimum atomic E-state index is -0.919. The van der Waals surface area contributed by atoms with Crippen molar-refractivity contribution >= 4 is 29.3 Å². The Labute approximate surface area is 152 Å². The first-order chi connectivity index (χ1) is 11.9. The first kappa shape index (κ1) is 19.4. The Balaban J connectivity index is 2.08. The third-order valence-corrected chi connectivity index (χ3v) is 4.04. The predicted octanol–water partition coefficient (Wildman–Crippen LogP) is 4.03. The van der Waals surface area contributed by atoms with Gasteiger partial charge < -0.3 is 9.47 Å². The molecule has 134 valence electrons. The van der Waals surface area contributed by atoms with E-state index < -0.39 is 23.7 Å². The quantitative estimate of drug-likeness (QED) is 0.309. The lowest BCUT2D eigenvalue weighted by Gasteiger charge is -2.13. The number of carbonyl (C=O) groups is 1. The molecular formula is C16H15ClF2N2O3S. The van der Waals surface area contributed by atoms with Crippen molar-refractivity contribution < 1.29 is 23.0 Å². The number of hydrogen-bond donors (Lipinski definition) is 0. The summed E-state index contributed by atoms with van der Waals surface area (Å²) >= 11 is 6.98. The second-order valence-corrected chi connectivity index (χ2v) is 6.15. The van der Waals surface area contributed by atoms with Crippen LogP contribution < -0.4 is 4.74 Å². The number of carbonyl (C=O) groups excluding carboxylic acids is 1. The van der Waals surface area contributed by atoms with E-state index in [9.17, 15) is 13.6 Å². The van der Waals surface area contributed by atoms with Crippen LogP contribution >= 0.6 is 23.4 Å². The summed E-state index contributed by atoms with van der Waals surface area (Å²) in [5, 5.41) is 0.311. The molecular weight excluding hydrogens is 374 g/mol. The van der Waals surface area contributed by atoms with Gasteiger partial charge in [-0.3, -0.25) is 0 Å². The van der Waals surface area contributed by atoms with Crippen molar-refractivity contribution in [2.45, 2.75) is 30.9 Å². The molecule has 5 nitrogen and oxygen atoms in total. The van der Waals surface area contributed by atoms with Crippen molar-refractivity contribution in [2.75, 3.05) is 6.61 Å². The van der Waals surface area contributed by atoms with E-state index in [4.69, 9.17) is 21.1 Å². The zero-order chi connectivity index (χ0) is 18.4. The number of esters is 1. The molecule has 0 amide bonds. The van der Waals surface area contributed by atoms with Crippen molar-refractivity contribution in [3.63, 3.8) is 0 Å². The van der Waals surface area contributed by atoms with Gasteiger partial charge in [0, 0.05) is 17.4 Å². The summed E-state index contributed by atoms with van der Waals surface area (Å²) in [5.41, 5.74) is 0.177. The summed E-state index contributed by atoms with van der Waals surface area (Å²) in [6, 6.07) is 5.28. The molecule has 0 aliphatic heterocycles. The average molecular weight is 389 g/mol. The molecule has 2 rings (SSSR count). The maximum atomic E-state index is 13.7. The molecule has 0 unspecified atom stereocenters. The number of aromatic nitrogens is 2. The van der Waals surface area contributed by atoms with Gasteiger partial charge in [0.2, 0.25) is 5.88 Å². The smallest absolute Gasteiger partial charge is 0.347 e. The largest absolute Gasteiger partial charge is 0.463 e. The molecule has 0 saturated heterocycles. The fraction of sp³-hybridized carbons (Fsp3) is 0.312. The van der Waals surface area contributed by atoms with E-state index in [-0.39, 0.29) is 34.1 Å². The normalized spacial score (nSPS) is 11.9. The van der Waals surface area contributed by atoms with Gasteiger partial charge in [-0.25, -0.2) is 18.6 Å². The standard InChI is InChI=1S/C16H15ClF2N2O3S/c1-3-23-15(22)9(2)24-13-7-12(17)20-16(21-13)25-8-10-5-4-6-11(18)14(10)19/h4-7,9H,3,8H2,1-2H3/t9-/m0/s1. The fourth-order valence-corrected chi connectivity index (χ4v) is 2.84. The van der Waals surface area contributed by atoms with Crippen LogP contribution in [0.4, 0.5) is 8.78 Å². The molecule has 1 aromatic carbocycles. The van der Waals surface area contributed by atoms with Gasteiger partial charge in [-0.1, -0.05) is 35.5 Å². The molecule has 0 N–H and O–H groups in total. The minimum Gasteiger partial charge on any atom is -0.463 e. The highest BCUT2D eigenvalue weighted by molar-refractivity contribution is 7.98. The van der Waals surface area contributed by atoms with Crippen LogP contribution in [0.3, 0.4) is 0 Å².